The standard InChI is InChI=1S/C15H24N2O4S.ClH/c1-15(6-8-16-9-7-15)11-17-22(18,19)12-4-5-13(20-2)14(10-12)21-3;/h4-5,10,16-17H,6-9,11H2,1-3H3;1H. The molecule has 8 heteroatoms. The van der Waals surface area contributed by atoms with Crippen molar-refractivity contribution in [3.05, 3.63) is 18.2 Å². The fourth-order valence-corrected chi connectivity index (χ4v) is 3.76. The number of methoxy groups -OCH3 is 2. The van der Waals surface area contributed by atoms with Gasteiger partial charge < -0.3 is 14.8 Å². The number of piperidine rings is 1. The Labute approximate surface area is 144 Å². The molecule has 0 aromatic heterocycles. The zero-order chi connectivity index (χ0) is 16.2. The van der Waals surface area contributed by atoms with Gasteiger partial charge in [-0.2, -0.15) is 0 Å². The van der Waals surface area contributed by atoms with Gasteiger partial charge in [0, 0.05) is 12.6 Å². The van der Waals surface area contributed by atoms with E-state index in [4.69, 9.17) is 9.47 Å². The summed E-state index contributed by atoms with van der Waals surface area (Å²) in [5.74, 6) is 0.908. The molecule has 1 heterocycles. The number of sulfonamides is 1. The maximum atomic E-state index is 12.5. The third kappa shape index (κ3) is 4.97. The summed E-state index contributed by atoms with van der Waals surface area (Å²) in [5, 5.41) is 3.29. The van der Waals surface area contributed by atoms with E-state index in [1.165, 1.54) is 26.4 Å². The van der Waals surface area contributed by atoms with Crippen molar-refractivity contribution >= 4 is 22.4 Å². The van der Waals surface area contributed by atoms with Gasteiger partial charge in [0.1, 0.15) is 0 Å². The topological polar surface area (TPSA) is 76.7 Å². The van der Waals surface area contributed by atoms with Crippen LogP contribution < -0.4 is 19.5 Å². The SMILES string of the molecule is COc1ccc(S(=O)(=O)NCC2(C)CCNCC2)cc1OC.Cl. The maximum Gasteiger partial charge on any atom is 0.240 e. The number of nitrogens with one attached hydrogen (secondary N) is 2. The van der Waals surface area contributed by atoms with Crippen molar-refractivity contribution in [1.82, 2.24) is 10.0 Å². The lowest BCUT2D eigenvalue weighted by Crippen LogP contribution is -2.42. The van der Waals surface area contributed by atoms with Crippen LogP contribution in [0.3, 0.4) is 0 Å². The molecule has 1 aromatic carbocycles. The Bertz CT molecular complexity index is 616. The highest BCUT2D eigenvalue weighted by molar-refractivity contribution is 7.89. The van der Waals surface area contributed by atoms with Crippen molar-refractivity contribution in [2.75, 3.05) is 33.9 Å². The van der Waals surface area contributed by atoms with E-state index >= 15 is 0 Å². The first kappa shape index (κ1) is 20.0. The van der Waals surface area contributed by atoms with Gasteiger partial charge in [0.2, 0.25) is 10.0 Å². The minimum Gasteiger partial charge on any atom is -0.493 e. The van der Waals surface area contributed by atoms with E-state index in [9.17, 15) is 8.42 Å². The third-order valence-corrected chi connectivity index (χ3v) is 5.56. The van der Waals surface area contributed by atoms with Gasteiger partial charge in [-0.05, 0) is 43.5 Å². The number of halogens is 1. The first-order valence-corrected chi connectivity index (χ1v) is 8.81. The summed E-state index contributed by atoms with van der Waals surface area (Å²) in [6, 6.07) is 4.60. The zero-order valence-corrected chi connectivity index (χ0v) is 15.4. The number of benzene rings is 1. The summed E-state index contributed by atoms with van der Waals surface area (Å²) in [5.41, 5.74) is -0.00508. The highest BCUT2D eigenvalue weighted by atomic mass is 35.5. The van der Waals surface area contributed by atoms with E-state index in [1.807, 2.05) is 0 Å². The first-order chi connectivity index (χ1) is 10.4. The third-order valence-electron chi connectivity index (χ3n) is 4.16. The van der Waals surface area contributed by atoms with Crippen molar-refractivity contribution in [2.45, 2.75) is 24.7 Å². The lowest BCUT2D eigenvalue weighted by Gasteiger charge is -2.34. The molecule has 132 valence electrons. The molecule has 0 saturated carbocycles. The molecular weight excluding hydrogens is 340 g/mol. The molecule has 6 nitrogen and oxygen atoms in total. The molecule has 1 fully saturated rings. The largest absolute Gasteiger partial charge is 0.493 e. The van der Waals surface area contributed by atoms with Gasteiger partial charge in [0.05, 0.1) is 19.1 Å². The Morgan fingerprint density at radius 3 is 2.35 bits per heavy atom. The minimum atomic E-state index is -3.56. The second-order valence-electron chi connectivity index (χ2n) is 5.90. The normalized spacial score (nSPS) is 17.2. The van der Waals surface area contributed by atoms with Crippen molar-refractivity contribution in [3.8, 4) is 11.5 Å². The van der Waals surface area contributed by atoms with E-state index < -0.39 is 10.0 Å². The average Bonchev–Trinajstić information content (AvgIpc) is 2.53. The van der Waals surface area contributed by atoms with E-state index in [2.05, 4.69) is 17.0 Å². The summed E-state index contributed by atoms with van der Waals surface area (Å²) in [6.07, 6.45) is 1.92. The predicted octanol–water partition coefficient (Wildman–Crippen LogP) is 1.79. The molecule has 1 aliphatic heterocycles. The quantitative estimate of drug-likeness (QED) is 0.804. The van der Waals surface area contributed by atoms with Crippen LogP contribution in [0.1, 0.15) is 19.8 Å². The summed E-state index contributed by atoms with van der Waals surface area (Å²) < 4.78 is 37.9. The van der Waals surface area contributed by atoms with Crippen LogP contribution in [0.15, 0.2) is 23.1 Å². The predicted molar refractivity (Wildman–Crippen MR) is 92.2 cm³/mol. The fraction of sp³-hybridized carbons (Fsp3) is 0.600. The van der Waals surface area contributed by atoms with Gasteiger partial charge in [-0.1, -0.05) is 6.92 Å². The highest BCUT2D eigenvalue weighted by Crippen LogP contribution is 2.30. The highest BCUT2D eigenvalue weighted by Gasteiger charge is 2.29. The summed E-state index contributed by atoms with van der Waals surface area (Å²) >= 11 is 0. The lowest BCUT2D eigenvalue weighted by molar-refractivity contribution is 0.232. The first-order valence-electron chi connectivity index (χ1n) is 7.33. The smallest absolute Gasteiger partial charge is 0.240 e. The molecule has 0 aliphatic carbocycles. The summed E-state index contributed by atoms with van der Waals surface area (Å²) in [7, 11) is -0.561. The Morgan fingerprint density at radius 1 is 1.17 bits per heavy atom. The Kier molecular flexibility index (Phi) is 7.13. The van der Waals surface area contributed by atoms with Crippen LogP contribution in [0, 0.1) is 5.41 Å². The molecule has 0 amide bonds. The van der Waals surface area contributed by atoms with Gasteiger partial charge in [0.15, 0.2) is 11.5 Å². The minimum absolute atomic E-state index is 0. The van der Waals surface area contributed by atoms with Gasteiger partial charge in [0.25, 0.3) is 0 Å². The second kappa shape index (κ2) is 8.19. The van der Waals surface area contributed by atoms with Crippen LogP contribution in [0.5, 0.6) is 11.5 Å². The number of hydrogen-bond acceptors (Lipinski definition) is 5. The van der Waals surface area contributed by atoms with E-state index in [0.717, 1.165) is 25.9 Å². The van der Waals surface area contributed by atoms with Gasteiger partial charge >= 0.3 is 0 Å². The zero-order valence-electron chi connectivity index (χ0n) is 13.7. The van der Waals surface area contributed by atoms with Crippen LogP contribution >= 0.6 is 12.4 Å². The Morgan fingerprint density at radius 2 is 1.78 bits per heavy atom. The van der Waals surface area contributed by atoms with Crippen LogP contribution in [-0.4, -0.2) is 42.3 Å². The van der Waals surface area contributed by atoms with Crippen LogP contribution in [0.2, 0.25) is 0 Å². The second-order valence-corrected chi connectivity index (χ2v) is 7.67. The summed E-state index contributed by atoms with van der Waals surface area (Å²) in [6.45, 7) is 4.40. The number of rotatable bonds is 6. The molecule has 1 aromatic rings. The van der Waals surface area contributed by atoms with Crippen molar-refractivity contribution in [2.24, 2.45) is 5.41 Å². The molecule has 23 heavy (non-hydrogen) atoms. The molecule has 0 radical (unpaired) electrons. The Hall–Kier alpha value is -1.02. The molecule has 0 unspecified atom stereocenters. The van der Waals surface area contributed by atoms with Gasteiger partial charge in [-0.3, -0.25) is 0 Å². The number of hydrogen-bond donors (Lipinski definition) is 2. The molecule has 2 rings (SSSR count). The summed E-state index contributed by atoms with van der Waals surface area (Å²) in [4.78, 5) is 0.183. The molecule has 2 N–H and O–H groups in total. The van der Waals surface area contributed by atoms with Crippen LogP contribution in [-0.2, 0) is 10.0 Å². The lowest BCUT2D eigenvalue weighted by atomic mass is 9.81. The molecule has 1 saturated heterocycles. The maximum absolute atomic E-state index is 12.5. The van der Waals surface area contributed by atoms with Crippen LogP contribution in [0.25, 0.3) is 0 Å². The molecule has 0 spiro atoms. The Balaban J connectivity index is 0.00000264. The van der Waals surface area contributed by atoms with E-state index in [0.29, 0.717) is 18.0 Å². The molecule has 0 bridgehead atoms. The van der Waals surface area contributed by atoms with Crippen molar-refractivity contribution < 1.29 is 17.9 Å². The van der Waals surface area contributed by atoms with Crippen LogP contribution in [0.4, 0.5) is 0 Å². The van der Waals surface area contributed by atoms with Gasteiger partial charge in [-0.15, -0.1) is 12.4 Å². The number of ether oxygens (including phenoxy) is 2. The molecule has 1 aliphatic rings. The molecule has 0 atom stereocenters. The molecular formula is C15H25ClN2O4S. The van der Waals surface area contributed by atoms with Gasteiger partial charge in [-0.25, -0.2) is 13.1 Å². The van der Waals surface area contributed by atoms with E-state index in [-0.39, 0.29) is 22.7 Å². The van der Waals surface area contributed by atoms with Crippen molar-refractivity contribution in [3.63, 3.8) is 0 Å². The average molecular weight is 365 g/mol. The fourth-order valence-electron chi connectivity index (χ4n) is 2.54. The monoisotopic (exact) mass is 364 g/mol. The van der Waals surface area contributed by atoms with E-state index in [1.54, 1.807) is 6.07 Å². The van der Waals surface area contributed by atoms with Crippen molar-refractivity contribution in [1.29, 1.82) is 0 Å².